The largest absolute Gasteiger partial charge is 0.497 e. The number of nitrogens with one attached hydrogen (secondary N) is 2. The van der Waals surface area contributed by atoms with Crippen molar-refractivity contribution >= 4 is 5.96 Å². The van der Waals surface area contributed by atoms with Crippen LogP contribution in [0, 0.1) is 0 Å². The Morgan fingerprint density at radius 1 is 1.11 bits per heavy atom. The van der Waals surface area contributed by atoms with Gasteiger partial charge in [-0.3, -0.25) is 0 Å². The lowest BCUT2D eigenvalue weighted by molar-refractivity contribution is 0.414. The molecule has 1 aromatic carbocycles. The number of aromatic nitrogens is 3. The van der Waals surface area contributed by atoms with Crippen molar-refractivity contribution in [3.05, 3.63) is 72.2 Å². The van der Waals surface area contributed by atoms with Gasteiger partial charge in [-0.15, -0.1) is 0 Å². The molecule has 2 aromatic heterocycles. The van der Waals surface area contributed by atoms with Gasteiger partial charge in [0, 0.05) is 31.7 Å². The van der Waals surface area contributed by atoms with Crippen LogP contribution in [-0.2, 0) is 13.1 Å². The van der Waals surface area contributed by atoms with Gasteiger partial charge in [-0.05, 0) is 48.4 Å². The Bertz CT molecular complexity index is 858. The third-order valence-corrected chi connectivity index (χ3v) is 3.93. The summed E-state index contributed by atoms with van der Waals surface area (Å²) in [6.07, 6.45) is 5.38. The number of aliphatic imine (C=N–C) groups is 1. The molecule has 0 amide bonds. The molecule has 140 valence electrons. The van der Waals surface area contributed by atoms with Crippen molar-refractivity contribution in [2.75, 3.05) is 13.7 Å². The molecular formula is C20H24N6O. The van der Waals surface area contributed by atoms with Gasteiger partial charge in [0.15, 0.2) is 11.8 Å². The molecule has 0 saturated carbocycles. The van der Waals surface area contributed by atoms with Crippen LogP contribution in [0.25, 0.3) is 5.82 Å². The van der Waals surface area contributed by atoms with E-state index in [9.17, 15) is 0 Å². The molecule has 2 N–H and O–H groups in total. The first-order valence-electron chi connectivity index (χ1n) is 8.88. The van der Waals surface area contributed by atoms with Crippen LogP contribution in [0.4, 0.5) is 0 Å². The molecule has 3 rings (SSSR count). The smallest absolute Gasteiger partial charge is 0.191 e. The summed E-state index contributed by atoms with van der Waals surface area (Å²) in [5.41, 5.74) is 2.23. The number of pyridine rings is 1. The number of methoxy groups -OCH3 is 1. The maximum absolute atomic E-state index is 5.19. The maximum Gasteiger partial charge on any atom is 0.191 e. The molecule has 0 aliphatic rings. The third-order valence-electron chi connectivity index (χ3n) is 3.93. The highest BCUT2D eigenvalue weighted by molar-refractivity contribution is 5.79. The van der Waals surface area contributed by atoms with Crippen molar-refractivity contribution in [3.8, 4) is 11.6 Å². The molecular weight excluding hydrogens is 340 g/mol. The minimum Gasteiger partial charge on any atom is -0.497 e. The highest BCUT2D eigenvalue weighted by Gasteiger charge is 2.02. The summed E-state index contributed by atoms with van der Waals surface area (Å²) in [6, 6.07) is 13.8. The van der Waals surface area contributed by atoms with E-state index in [2.05, 4.69) is 25.7 Å². The molecule has 0 unspecified atom stereocenters. The third kappa shape index (κ3) is 5.31. The normalized spacial score (nSPS) is 11.3. The first-order valence-corrected chi connectivity index (χ1v) is 8.88. The average molecular weight is 364 g/mol. The van der Waals surface area contributed by atoms with Crippen molar-refractivity contribution in [1.29, 1.82) is 0 Å². The summed E-state index contributed by atoms with van der Waals surface area (Å²) >= 11 is 0. The fraction of sp³-hybridized carbons (Fsp3) is 0.250. The second-order valence-electron chi connectivity index (χ2n) is 5.87. The molecule has 7 heteroatoms. The van der Waals surface area contributed by atoms with Crippen LogP contribution >= 0.6 is 0 Å². The Balaban J connectivity index is 1.63. The molecule has 2 heterocycles. The number of ether oxygens (including phenoxy) is 1. The lowest BCUT2D eigenvalue weighted by atomic mass is 10.2. The Labute approximate surface area is 159 Å². The van der Waals surface area contributed by atoms with E-state index in [-0.39, 0.29) is 0 Å². The summed E-state index contributed by atoms with van der Waals surface area (Å²) in [6.45, 7) is 4.08. The molecule has 0 atom stereocenters. The van der Waals surface area contributed by atoms with Gasteiger partial charge in [0.25, 0.3) is 0 Å². The standard InChI is InChI=1S/C20H24N6O/c1-3-21-20(23-14-16-5-7-18(27-2)8-6-16)24-15-17-9-11-22-19(13-17)26-12-4-10-25-26/h4-13H,3,14-15H2,1-2H3,(H2,21,23,24). The first-order chi connectivity index (χ1) is 13.3. The molecule has 0 fully saturated rings. The Kier molecular flexibility index (Phi) is 6.40. The van der Waals surface area contributed by atoms with Crippen LogP contribution in [0.3, 0.4) is 0 Å². The molecule has 0 aliphatic carbocycles. The summed E-state index contributed by atoms with van der Waals surface area (Å²) < 4.78 is 6.93. The summed E-state index contributed by atoms with van der Waals surface area (Å²) in [5.74, 6) is 2.40. The topological polar surface area (TPSA) is 76.4 Å². The summed E-state index contributed by atoms with van der Waals surface area (Å²) in [4.78, 5) is 9.01. The number of benzene rings is 1. The molecule has 27 heavy (non-hydrogen) atoms. The van der Waals surface area contributed by atoms with E-state index in [0.717, 1.165) is 35.2 Å². The zero-order chi connectivity index (χ0) is 18.9. The summed E-state index contributed by atoms with van der Waals surface area (Å²) in [7, 11) is 1.67. The van der Waals surface area contributed by atoms with Crippen LogP contribution in [0.15, 0.2) is 66.0 Å². The predicted molar refractivity (Wildman–Crippen MR) is 106 cm³/mol. The molecule has 0 bridgehead atoms. The van der Waals surface area contributed by atoms with Crippen LogP contribution in [-0.4, -0.2) is 34.4 Å². The molecule has 7 nitrogen and oxygen atoms in total. The van der Waals surface area contributed by atoms with Gasteiger partial charge in [-0.1, -0.05) is 12.1 Å². The number of guanidine groups is 1. The van der Waals surface area contributed by atoms with Crippen molar-refractivity contribution in [2.24, 2.45) is 4.99 Å². The minimum atomic E-state index is 0.550. The van der Waals surface area contributed by atoms with Gasteiger partial charge >= 0.3 is 0 Å². The van der Waals surface area contributed by atoms with E-state index in [1.54, 1.807) is 24.2 Å². The SMILES string of the molecule is CCNC(=NCc1ccnc(-n2cccn2)c1)NCc1ccc(OC)cc1. The first kappa shape index (κ1) is 18.4. The number of nitrogens with zero attached hydrogens (tertiary/aromatic N) is 4. The van der Waals surface area contributed by atoms with Crippen molar-refractivity contribution in [2.45, 2.75) is 20.0 Å². The van der Waals surface area contributed by atoms with Gasteiger partial charge in [0.2, 0.25) is 0 Å². The predicted octanol–water partition coefficient (Wildman–Crippen LogP) is 2.53. The van der Waals surface area contributed by atoms with E-state index in [1.165, 1.54) is 0 Å². The maximum atomic E-state index is 5.19. The fourth-order valence-corrected chi connectivity index (χ4v) is 2.53. The molecule has 0 saturated heterocycles. The average Bonchev–Trinajstić information content (AvgIpc) is 3.26. The van der Waals surface area contributed by atoms with Crippen molar-refractivity contribution in [1.82, 2.24) is 25.4 Å². The number of hydrogen-bond acceptors (Lipinski definition) is 4. The fourth-order valence-electron chi connectivity index (χ4n) is 2.53. The molecule has 0 aliphatic heterocycles. The van der Waals surface area contributed by atoms with Crippen LogP contribution in [0.5, 0.6) is 5.75 Å². The minimum absolute atomic E-state index is 0.550. The Morgan fingerprint density at radius 3 is 2.67 bits per heavy atom. The number of hydrogen-bond donors (Lipinski definition) is 2. The zero-order valence-electron chi connectivity index (χ0n) is 15.6. The lowest BCUT2D eigenvalue weighted by Crippen LogP contribution is -2.36. The lowest BCUT2D eigenvalue weighted by Gasteiger charge is -2.12. The number of rotatable bonds is 7. The highest BCUT2D eigenvalue weighted by atomic mass is 16.5. The molecule has 0 radical (unpaired) electrons. The summed E-state index contributed by atoms with van der Waals surface area (Å²) in [5, 5.41) is 10.8. The Morgan fingerprint density at radius 2 is 1.96 bits per heavy atom. The second-order valence-corrected chi connectivity index (χ2v) is 5.87. The van der Waals surface area contributed by atoms with Crippen LogP contribution < -0.4 is 15.4 Å². The van der Waals surface area contributed by atoms with E-state index >= 15 is 0 Å². The van der Waals surface area contributed by atoms with Crippen molar-refractivity contribution < 1.29 is 4.74 Å². The quantitative estimate of drug-likeness (QED) is 0.498. The van der Waals surface area contributed by atoms with Gasteiger partial charge < -0.3 is 15.4 Å². The van der Waals surface area contributed by atoms with Crippen LogP contribution in [0.1, 0.15) is 18.1 Å². The second kappa shape index (κ2) is 9.38. The van der Waals surface area contributed by atoms with Crippen molar-refractivity contribution in [3.63, 3.8) is 0 Å². The zero-order valence-corrected chi connectivity index (χ0v) is 15.6. The monoisotopic (exact) mass is 364 g/mol. The Hall–Kier alpha value is -3.35. The van der Waals surface area contributed by atoms with Gasteiger partial charge in [-0.25, -0.2) is 14.7 Å². The van der Waals surface area contributed by atoms with E-state index in [1.807, 2.05) is 55.6 Å². The molecule has 3 aromatic rings. The van der Waals surface area contributed by atoms with E-state index in [4.69, 9.17) is 4.74 Å². The van der Waals surface area contributed by atoms with Crippen LogP contribution in [0.2, 0.25) is 0 Å². The van der Waals surface area contributed by atoms with E-state index < -0.39 is 0 Å². The highest BCUT2D eigenvalue weighted by Crippen LogP contribution is 2.11. The van der Waals surface area contributed by atoms with Gasteiger partial charge in [-0.2, -0.15) is 5.10 Å². The van der Waals surface area contributed by atoms with Gasteiger partial charge in [0.1, 0.15) is 5.75 Å². The molecule has 0 spiro atoms. The van der Waals surface area contributed by atoms with Gasteiger partial charge in [0.05, 0.1) is 13.7 Å². The van der Waals surface area contributed by atoms with E-state index in [0.29, 0.717) is 13.1 Å².